The summed E-state index contributed by atoms with van der Waals surface area (Å²) in [6.45, 7) is 9.67. The largest absolute Gasteiger partial charge is 0.356 e. The van der Waals surface area contributed by atoms with Crippen LogP contribution in [-0.2, 0) is 19.0 Å². The molecule has 0 amide bonds. The molecule has 0 bridgehead atoms. The molecular weight excluding hydrogens is 444 g/mol. The Morgan fingerprint density at radius 3 is 2.31 bits per heavy atom. The number of nitrogens with one attached hydrogen (secondary N) is 2. The molecule has 2 rings (SSSR count). The molecule has 0 atom stereocenters. The van der Waals surface area contributed by atoms with Crippen molar-refractivity contribution in [2.45, 2.75) is 39.7 Å². The molecule has 0 unspecified atom stereocenters. The Bertz CT molecular complexity index is 750. The van der Waals surface area contributed by atoms with Gasteiger partial charge >= 0.3 is 0 Å². The van der Waals surface area contributed by atoms with E-state index in [1.54, 1.807) is 7.05 Å². The summed E-state index contributed by atoms with van der Waals surface area (Å²) in [6.07, 6.45) is 0. The summed E-state index contributed by atoms with van der Waals surface area (Å²) in [4.78, 5) is 4.29. The Hall–Kier alpha value is -1.64. The molecule has 144 valence electrons. The van der Waals surface area contributed by atoms with E-state index < -0.39 is 0 Å². The summed E-state index contributed by atoms with van der Waals surface area (Å²) in [5.41, 5.74) is 4.28. The maximum absolute atomic E-state index is 13.1. The van der Waals surface area contributed by atoms with Gasteiger partial charge in [0.1, 0.15) is 5.82 Å². The third-order valence-electron chi connectivity index (χ3n) is 4.64. The number of guanidine groups is 1. The lowest BCUT2D eigenvalue weighted by Gasteiger charge is -2.26. The Balaban J connectivity index is 0.00000338. The molecule has 5 nitrogen and oxygen atoms in total. The Morgan fingerprint density at radius 1 is 1.19 bits per heavy atom. The van der Waals surface area contributed by atoms with E-state index in [-0.39, 0.29) is 35.2 Å². The monoisotopic (exact) mass is 473 g/mol. The standard InChI is InChI=1S/C19H28FN5.HI/c1-13-17(14(2)25(6)24-13)11-22-18(21-5)23-12-19(3,4)15-7-9-16(20)10-8-15;/h7-10H,11-12H2,1-6H3,(H2,21,22,23);1H. The van der Waals surface area contributed by atoms with Crippen LogP contribution in [0.25, 0.3) is 0 Å². The highest BCUT2D eigenvalue weighted by molar-refractivity contribution is 14.0. The van der Waals surface area contributed by atoms with Crippen molar-refractivity contribution in [2.75, 3.05) is 13.6 Å². The molecule has 0 saturated heterocycles. The Labute approximate surface area is 172 Å². The number of hydrogen-bond donors (Lipinski definition) is 2. The molecule has 2 aromatic rings. The van der Waals surface area contributed by atoms with E-state index >= 15 is 0 Å². The maximum atomic E-state index is 13.1. The molecule has 0 aliphatic carbocycles. The highest BCUT2D eigenvalue weighted by atomic mass is 127. The number of aromatic nitrogens is 2. The van der Waals surface area contributed by atoms with Crippen LogP contribution < -0.4 is 10.6 Å². The van der Waals surface area contributed by atoms with Crippen LogP contribution in [0.1, 0.15) is 36.4 Å². The highest BCUT2D eigenvalue weighted by Crippen LogP contribution is 2.22. The van der Waals surface area contributed by atoms with E-state index in [0.717, 1.165) is 22.9 Å². The smallest absolute Gasteiger partial charge is 0.191 e. The number of hydrogen-bond acceptors (Lipinski definition) is 2. The lowest BCUT2D eigenvalue weighted by Crippen LogP contribution is -2.43. The molecule has 0 radical (unpaired) electrons. The van der Waals surface area contributed by atoms with Crippen molar-refractivity contribution in [1.82, 2.24) is 20.4 Å². The minimum atomic E-state index is -0.216. The summed E-state index contributed by atoms with van der Waals surface area (Å²) < 4.78 is 15.0. The average molecular weight is 473 g/mol. The third-order valence-corrected chi connectivity index (χ3v) is 4.64. The van der Waals surface area contributed by atoms with Crippen molar-refractivity contribution in [3.8, 4) is 0 Å². The van der Waals surface area contributed by atoms with Gasteiger partial charge in [0.25, 0.3) is 0 Å². The van der Waals surface area contributed by atoms with Crippen molar-refractivity contribution in [3.63, 3.8) is 0 Å². The second-order valence-electron chi connectivity index (χ2n) is 6.94. The fourth-order valence-corrected chi connectivity index (χ4v) is 2.77. The van der Waals surface area contributed by atoms with Crippen molar-refractivity contribution < 1.29 is 4.39 Å². The molecule has 1 aromatic carbocycles. The predicted molar refractivity (Wildman–Crippen MR) is 116 cm³/mol. The molecule has 0 spiro atoms. The summed E-state index contributed by atoms with van der Waals surface area (Å²) in [6, 6.07) is 6.65. The fourth-order valence-electron chi connectivity index (χ4n) is 2.77. The third kappa shape index (κ3) is 5.43. The zero-order valence-electron chi connectivity index (χ0n) is 16.4. The first kappa shape index (κ1) is 22.4. The van der Waals surface area contributed by atoms with Crippen LogP contribution in [0.2, 0.25) is 0 Å². The summed E-state index contributed by atoms with van der Waals surface area (Å²) >= 11 is 0. The fraction of sp³-hybridized carbons (Fsp3) is 0.474. The van der Waals surface area contributed by atoms with Crippen LogP contribution in [0.3, 0.4) is 0 Å². The van der Waals surface area contributed by atoms with Crippen LogP contribution in [-0.4, -0.2) is 29.3 Å². The number of aryl methyl sites for hydroxylation is 2. The normalized spacial score (nSPS) is 11.9. The summed E-state index contributed by atoms with van der Waals surface area (Å²) in [7, 11) is 3.70. The maximum Gasteiger partial charge on any atom is 0.191 e. The van der Waals surface area contributed by atoms with E-state index in [1.165, 1.54) is 17.7 Å². The van der Waals surface area contributed by atoms with Crippen LogP contribution in [0.5, 0.6) is 0 Å². The van der Waals surface area contributed by atoms with Gasteiger partial charge in [-0.2, -0.15) is 5.10 Å². The van der Waals surface area contributed by atoms with E-state index in [0.29, 0.717) is 13.1 Å². The second kappa shape index (κ2) is 9.34. The first-order chi connectivity index (χ1) is 11.7. The van der Waals surface area contributed by atoms with Crippen molar-refractivity contribution in [2.24, 2.45) is 12.0 Å². The highest BCUT2D eigenvalue weighted by Gasteiger charge is 2.21. The number of halogens is 2. The second-order valence-corrected chi connectivity index (χ2v) is 6.94. The Morgan fingerprint density at radius 2 is 1.81 bits per heavy atom. The van der Waals surface area contributed by atoms with Gasteiger partial charge in [-0.25, -0.2) is 4.39 Å². The van der Waals surface area contributed by atoms with Gasteiger partial charge in [-0.15, -0.1) is 24.0 Å². The Kier molecular flexibility index (Phi) is 8.05. The molecule has 0 saturated carbocycles. The van der Waals surface area contributed by atoms with Gasteiger partial charge in [-0.05, 0) is 31.5 Å². The van der Waals surface area contributed by atoms with Gasteiger partial charge in [0.05, 0.1) is 5.69 Å². The molecule has 0 fully saturated rings. The predicted octanol–water partition coefficient (Wildman–Crippen LogP) is 3.44. The van der Waals surface area contributed by atoms with Gasteiger partial charge in [0.2, 0.25) is 0 Å². The molecule has 1 aromatic heterocycles. The zero-order chi connectivity index (χ0) is 18.6. The van der Waals surface area contributed by atoms with Crippen LogP contribution in [0, 0.1) is 19.7 Å². The van der Waals surface area contributed by atoms with Crippen molar-refractivity contribution in [1.29, 1.82) is 0 Å². The van der Waals surface area contributed by atoms with E-state index in [2.05, 4.69) is 41.5 Å². The zero-order valence-corrected chi connectivity index (χ0v) is 18.7. The molecule has 0 aliphatic rings. The van der Waals surface area contributed by atoms with E-state index in [9.17, 15) is 4.39 Å². The van der Waals surface area contributed by atoms with Crippen molar-refractivity contribution in [3.05, 3.63) is 52.6 Å². The first-order valence-corrected chi connectivity index (χ1v) is 8.44. The summed E-state index contributed by atoms with van der Waals surface area (Å²) in [5.74, 6) is 0.519. The van der Waals surface area contributed by atoms with Gasteiger partial charge in [-0.3, -0.25) is 9.67 Å². The van der Waals surface area contributed by atoms with Crippen LogP contribution in [0.4, 0.5) is 4.39 Å². The molecule has 7 heteroatoms. The molecule has 26 heavy (non-hydrogen) atoms. The number of nitrogens with zero attached hydrogens (tertiary/aromatic N) is 3. The van der Waals surface area contributed by atoms with E-state index in [1.807, 2.05) is 30.8 Å². The van der Waals surface area contributed by atoms with E-state index in [4.69, 9.17) is 0 Å². The minimum absolute atomic E-state index is 0. The lowest BCUT2D eigenvalue weighted by molar-refractivity contribution is 0.507. The molecule has 2 N–H and O–H groups in total. The SMILES string of the molecule is CN=C(NCc1c(C)nn(C)c1C)NCC(C)(C)c1ccc(F)cc1.I. The van der Waals surface area contributed by atoms with Gasteiger partial charge < -0.3 is 10.6 Å². The van der Waals surface area contributed by atoms with Crippen molar-refractivity contribution >= 4 is 29.9 Å². The number of aliphatic imine (C=N–C) groups is 1. The number of benzene rings is 1. The van der Waals surface area contributed by atoms with Gasteiger partial charge in [0.15, 0.2) is 5.96 Å². The molecule has 0 aliphatic heterocycles. The lowest BCUT2D eigenvalue weighted by atomic mass is 9.84. The van der Waals surface area contributed by atoms with Gasteiger partial charge in [-0.1, -0.05) is 26.0 Å². The van der Waals surface area contributed by atoms with Crippen LogP contribution >= 0.6 is 24.0 Å². The topological polar surface area (TPSA) is 54.2 Å². The first-order valence-electron chi connectivity index (χ1n) is 8.44. The van der Waals surface area contributed by atoms with Crippen LogP contribution in [0.15, 0.2) is 29.3 Å². The molecular formula is C19H29FIN5. The average Bonchev–Trinajstić information content (AvgIpc) is 2.81. The summed E-state index contributed by atoms with van der Waals surface area (Å²) in [5, 5.41) is 11.1. The quantitative estimate of drug-likeness (QED) is 0.398. The minimum Gasteiger partial charge on any atom is -0.356 e. The number of rotatable bonds is 5. The molecule has 1 heterocycles. The van der Waals surface area contributed by atoms with Gasteiger partial charge in [0, 0.05) is 43.9 Å².